The number of hydrogen-bond acceptors (Lipinski definition) is 8. The smallest absolute Gasteiger partial charge is 0.232 e. The second kappa shape index (κ2) is 6.45. The van der Waals surface area contributed by atoms with Crippen molar-refractivity contribution in [3.8, 4) is 0 Å². The monoisotopic (exact) mass is 347 g/mol. The number of carbonyl (C=O) groups excluding carboxylic acids is 1. The van der Waals surface area contributed by atoms with Crippen molar-refractivity contribution in [3.05, 3.63) is 16.1 Å². The lowest BCUT2D eigenvalue weighted by atomic mass is 10.3. The number of hydrogen-bond donors (Lipinski definition) is 2. The standard InChI is InChI=1S/C10H13N5O3S3/c1-3-8-13-14-9(20-8)12-7(16)4-6-5-19-10(11-6)15-21(2,17)18/h5H,3-4H2,1-2H3,(H,11,15)(H,12,14,16). The molecule has 8 nitrogen and oxygen atoms in total. The maximum absolute atomic E-state index is 11.8. The summed E-state index contributed by atoms with van der Waals surface area (Å²) in [5.41, 5.74) is 0.490. The highest BCUT2D eigenvalue weighted by Gasteiger charge is 2.12. The Balaban J connectivity index is 1.93. The lowest BCUT2D eigenvalue weighted by Crippen LogP contribution is -2.14. The van der Waals surface area contributed by atoms with Gasteiger partial charge in [-0.3, -0.25) is 9.52 Å². The van der Waals surface area contributed by atoms with E-state index in [1.807, 2.05) is 6.92 Å². The predicted molar refractivity (Wildman–Crippen MR) is 82.2 cm³/mol. The number of carbonyl (C=O) groups is 1. The number of rotatable bonds is 6. The van der Waals surface area contributed by atoms with Gasteiger partial charge in [-0.15, -0.1) is 21.5 Å². The number of aryl methyl sites for hydroxylation is 1. The van der Waals surface area contributed by atoms with E-state index in [0.717, 1.165) is 29.0 Å². The Morgan fingerprint density at radius 2 is 2.10 bits per heavy atom. The molecule has 0 aliphatic heterocycles. The molecule has 2 rings (SSSR count). The largest absolute Gasteiger partial charge is 0.300 e. The van der Waals surface area contributed by atoms with Gasteiger partial charge in [-0.2, -0.15) is 0 Å². The number of amides is 1. The van der Waals surface area contributed by atoms with E-state index in [2.05, 4.69) is 25.2 Å². The van der Waals surface area contributed by atoms with Crippen LogP contribution in [0, 0.1) is 0 Å². The number of sulfonamides is 1. The molecule has 2 N–H and O–H groups in total. The van der Waals surface area contributed by atoms with Crippen LogP contribution in [0.2, 0.25) is 0 Å². The number of nitrogens with zero attached hydrogens (tertiary/aromatic N) is 3. The summed E-state index contributed by atoms with van der Waals surface area (Å²) in [6.45, 7) is 1.96. The molecule has 0 aromatic carbocycles. The number of aromatic nitrogens is 3. The fourth-order valence-electron chi connectivity index (χ4n) is 1.37. The molecule has 114 valence electrons. The first-order chi connectivity index (χ1) is 9.85. The molecule has 0 radical (unpaired) electrons. The van der Waals surface area contributed by atoms with E-state index >= 15 is 0 Å². The molecule has 0 unspecified atom stereocenters. The first-order valence-electron chi connectivity index (χ1n) is 5.90. The molecule has 2 aromatic heterocycles. The van der Waals surface area contributed by atoms with Crippen LogP contribution in [0.1, 0.15) is 17.6 Å². The molecule has 0 atom stereocenters. The third-order valence-corrected chi connectivity index (χ3v) is 4.66. The second-order valence-corrected chi connectivity index (χ2v) is 7.77. The van der Waals surface area contributed by atoms with Gasteiger partial charge in [0.05, 0.1) is 18.4 Å². The van der Waals surface area contributed by atoms with Crippen molar-refractivity contribution < 1.29 is 13.2 Å². The molecule has 0 aliphatic rings. The third-order valence-electron chi connectivity index (χ3n) is 2.18. The topological polar surface area (TPSA) is 114 Å². The van der Waals surface area contributed by atoms with Crippen molar-refractivity contribution in [2.45, 2.75) is 19.8 Å². The first kappa shape index (κ1) is 15.8. The molecular formula is C10H13N5O3S3. The molecule has 0 saturated carbocycles. The zero-order valence-corrected chi connectivity index (χ0v) is 13.7. The minimum absolute atomic E-state index is 0.0446. The Hall–Kier alpha value is -1.59. The van der Waals surface area contributed by atoms with E-state index in [9.17, 15) is 13.2 Å². The van der Waals surface area contributed by atoms with E-state index in [4.69, 9.17) is 0 Å². The number of anilines is 2. The summed E-state index contributed by atoms with van der Waals surface area (Å²) in [4.78, 5) is 15.9. The Labute approximate surface area is 129 Å². The van der Waals surface area contributed by atoms with Gasteiger partial charge in [-0.1, -0.05) is 18.3 Å². The summed E-state index contributed by atoms with van der Waals surface area (Å²) in [7, 11) is -3.36. The molecule has 2 heterocycles. The van der Waals surface area contributed by atoms with Crippen LogP contribution < -0.4 is 10.0 Å². The van der Waals surface area contributed by atoms with Crippen LogP contribution >= 0.6 is 22.7 Å². The van der Waals surface area contributed by atoms with Gasteiger partial charge in [0.25, 0.3) is 0 Å². The van der Waals surface area contributed by atoms with Gasteiger partial charge in [-0.25, -0.2) is 13.4 Å². The van der Waals surface area contributed by atoms with Crippen molar-refractivity contribution in [3.63, 3.8) is 0 Å². The van der Waals surface area contributed by atoms with Crippen LogP contribution in [0.25, 0.3) is 0 Å². The van der Waals surface area contributed by atoms with E-state index in [1.165, 1.54) is 11.3 Å². The molecule has 0 fully saturated rings. The summed E-state index contributed by atoms with van der Waals surface area (Å²) < 4.78 is 24.4. The lowest BCUT2D eigenvalue weighted by molar-refractivity contribution is -0.115. The Bertz CT molecular complexity index is 737. The minimum Gasteiger partial charge on any atom is -0.300 e. The summed E-state index contributed by atoms with van der Waals surface area (Å²) in [6.07, 6.45) is 1.85. The highest BCUT2D eigenvalue weighted by Crippen LogP contribution is 2.18. The van der Waals surface area contributed by atoms with Crippen molar-refractivity contribution in [2.75, 3.05) is 16.3 Å². The highest BCUT2D eigenvalue weighted by atomic mass is 32.2. The quantitative estimate of drug-likeness (QED) is 0.809. The van der Waals surface area contributed by atoms with Crippen molar-refractivity contribution in [2.24, 2.45) is 0 Å². The van der Waals surface area contributed by atoms with Crippen LogP contribution in [-0.2, 0) is 27.7 Å². The van der Waals surface area contributed by atoms with Gasteiger partial charge in [0, 0.05) is 5.38 Å². The zero-order chi connectivity index (χ0) is 15.5. The molecular weight excluding hydrogens is 334 g/mol. The molecule has 0 bridgehead atoms. The lowest BCUT2D eigenvalue weighted by Gasteiger charge is -1.99. The third kappa shape index (κ3) is 5.02. The predicted octanol–water partition coefficient (Wildman–Crippen LogP) is 1.11. The second-order valence-electron chi connectivity index (χ2n) is 4.10. The number of nitrogens with one attached hydrogen (secondary N) is 2. The molecule has 2 aromatic rings. The van der Waals surface area contributed by atoms with Gasteiger partial charge in [0.1, 0.15) is 5.01 Å². The Morgan fingerprint density at radius 1 is 1.33 bits per heavy atom. The van der Waals surface area contributed by atoms with Crippen LogP contribution in [0.4, 0.5) is 10.3 Å². The fraction of sp³-hybridized carbons (Fsp3) is 0.400. The van der Waals surface area contributed by atoms with Gasteiger partial charge in [-0.05, 0) is 6.42 Å². The van der Waals surface area contributed by atoms with E-state index in [-0.39, 0.29) is 17.5 Å². The highest BCUT2D eigenvalue weighted by molar-refractivity contribution is 7.92. The summed E-state index contributed by atoms with van der Waals surface area (Å²) >= 11 is 2.45. The maximum atomic E-state index is 11.8. The molecule has 11 heteroatoms. The van der Waals surface area contributed by atoms with Gasteiger partial charge in [0.2, 0.25) is 21.1 Å². The average molecular weight is 347 g/mol. The Kier molecular flexibility index (Phi) is 4.85. The average Bonchev–Trinajstić information content (AvgIpc) is 2.96. The fourth-order valence-corrected chi connectivity index (χ4v) is 3.63. The van der Waals surface area contributed by atoms with Crippen molar-refractivity contribution in [1.82, 2.24) is 15.2 Å². The zero-order valence-electron chi connectivity index (χ0n) is 11.3. The van der Waals surface area contributed by atoms with Crippen molar-refractivity contribution >= 4 is 48.9 Å². The van der Waals surface area contributed by atoms with Crippen LogP contribution in [0.5, 0.6) is 0 Å². The summed E-state index contributed by atoms with van der Waals surface area (Å²) in [5, 5.41) is 13.5. The molecule has 1 amide bonds. The van der Waals surface area contributed by atoms with Crippen LogP contribution in [0.3, 0.4) is 0 Å². The SMILES string of the molecule is CCc1nnc(NC(=O)Cc2csc(NS(C)(=O)=O)n2)s1. The molecule has 0 saturated heterocycles. The van der Waals surface area contributed by atoms with E-state index < -0.39 is 10.0 Å². The van der Waals surface area contributed by atoms with E-state index in [1.54, 1.807) is 5.38 Å². The Morgan fingerprint density at radius 3 is 2.71 bits per heavy atom. The molecule has 21 heavy (non-hydrogen) atoms. The normalized spacial score (nSPS) is 11.3. The van der Waals surface area contributed by atoms with Gasteiger partial charge >= 0.3 is 0 Å². The van der Waals surface area contributed by atoms with Crippen molar-refractivity contribution in [1.29, 1.82) is 0 Å². The van der Waals surface area contributed by atoms with Gasteiger partial charge in [0.15, 0.2) is 5.13 Å². The van der Waals surface area contributed by atoms with Crippen LogP contribution in [-0.4, -0.2) is 35.8 Å². The first-order valence-corrected chi connectivity index (χ1v) is 9.49. The molecule has 0 aliphatic carbocycles. The number of thiazole rings is 1. The molecule has 0 spiro atoms. The minimum atomic E-state index is -3.36. The van der Waals surface area contributed by atoms with Crippen LogP contribution in [0.15, 0.2) is 5.38 Å². The van der Waals surface area contributed by atoms with E-state index in [0.29, 0.717) is 10.8 Å². The maximum Gasteiger partial charge on any atom is 0.232 e. The van der Waals surface area contributed by atoms with Gasteiger partial charge < -0.3 is 5.32 Å². The summed E-state index contributed by atoms with van der Waals surface area (Å²) in [6, 6.07) is 0. The summed E-state index contributed by atoms with van der Waals surface area (Å²) in [5.74, 6) is -0.273.